The molecule has 0 atom stereocenters. The number of carbonyl (C=O) groups excluding carboxylic acids is 2. The molecule has 31 heavy (non-hydrogen) atoms. The minimum Gasteiger partial charge on any atom is -0.465 e. The highest BCUT2D eigenvalue weighted by atomic mass is 19.4. The Balaban J connectivity index is 2.15. The van der Waals surface area contributed by atoms with E-state index in [0.717, 1.165) is 30.2 Å². The molecular formula is C21H15F3N2O5. The lowest BCUT2D eigenvalue weighted by molar-refractivity contribution is -0.384. The van der Waals surface area contributed by atoms with E-state index in [4.69, 9.17) is 4.74 Å². The Morgan fingerprint density at radius 2 is 1.84 bits per heavy atom. The molecule has 1 aliphatic heterocycles. The van der Waals surface area contributed by atoms with Gasteiger partial charge in [-0.2, -0.15) is 13.2 Å². The Morgan fingerprint density at radius 3 is 2.45 bits per heavy atom. The normalized spacial score (nSPS) is 15.6. The monoisotopic (exact) mass is 432 g/mol. The minimum atomic E-state index is -4.62. The van der Waals surface area contributed by atoms with Gasteiger partial charge >= 0.3 is 12.1 Å². The number of methoxy groups -OCH3 is 1. The molecule has 0 fully saturated rings. The van der Waals surface area contributed by atoms with Crippen LogP contribution in [0.5, 0.6) is 0 Å². The number of non-ortho nitro benzene ring substituents is 1. The van der Waals surface area contributed by atoms with Crippen LogP contribution in [-0.4, -0.2) is 23.9 Å². The number of nitrogens with zero attached hydrogens (tertiary/aromatic N) is 2. The van der Waals surface area contributed by atoms with Crippen molar-refractivity contribution in [1.29, 1.82) is 0 Å². The topological polar surface area (TPSA) is 89.8 Å². The van der Waals surface area contributed by atoms with E-state index in [1.807, 2.05) is 0 Å². The largest absolute Gasteiger partial charge is 0.465 e. The van der Waals surface area contributed by atoms with Crippen LogP contribution in [0.25, 0.3) is 6.08 Å². The number of allylic oxidation sites excluding steroid dienone is 1. The summed E-state index contributed by atoms with van der Waals surface area (Å²) >= 11 is 0. The van der Waals surface area contributed by atoms with Crippen molar-refractivity contribution in [3.63, 3.8) is 0 Å². The van der Waals surface area contributed by atoms with Gasteiger partial charge in [-0.05, 0) is 36.8 Å². The molecule has 7 nitrogen and oxygen atoms in total. The molecule has 0 aliphatic carbocycles. The molecule has 0 saturated heterocycles. The summed E-state index contributed by atoms with van der Waals surface area (Å²) < 4.78 is 44.1. The third kappa shape index (κ3) is 4.18. The molecule has 3 rings (SSSR count). The summed E-state index contributed by atoms with van der Waals surface area (Å²) in [5.41, 5.74) is -1.22. The van der Waals surface area contributed by atoms with E-state index in [1.54, 1.807) is 0 Å². The predicted octanol–water partition coefficient (Wildman–Crippen LogP) is 4.49. The second-order valence-electron chi connectivity index (χ2n) is 6.55. The molecule has 160 valence electrons. The molecule has 0 spiro atoms. The van der Waals surface area contributed by atoms with Crippen molar-refractivity contribution in [1.82, 2.24) is 0 Å². The molecule has 1 heterocycles. The zero-order valence-electron chi connectivity index (χ0n) is 16.3. The first-order chi connectivity index (χ1) is 14.5. The average molecular weight is 432 g/mol. The summed E-state index contributed by atoms with van der Waals surface area (Å²) in [5, 5.41) is 11.0. The highest BCUT2D eigenvalue weighted by Gasteiger charge is 2.39. The molecule has 2 aromatic carbocycles. The Kier molecular flexibility index (Phi) is 5.65. The van der Waals surface area contributed by atoms with Gasteiger partial charge in [0.25, 0.3) is 11.6 Å². The van der Waals surface area contributed by atoms with Crippen molar-refractivity contribution >= 4 is 29.3 Å². The van der Waals surface area contributed by atoms with Crippen LogP contribution in [0.15, 0.2) is 65.4 Å². The van der Waals surface area contributed by atoms with Gasteiger partial charge in [0.2, 0.25) is 0 Å². The van der Waals surface area contributed by atoms with E-state index in [-0.39, 0.29) is 33.8 Å². The van der Waals surface area contributed by atoms with Crippen LogP contribution in [0.4, 0.5) is 24.5 Å². The number of hydrogen-bond donors (Lipinski definition) is 0. The van der Waals surface area contributed by atoms with E-state index in [1.165, 1.54) is 43.3 Å². The first-order valence-corrected chi connectivity index (χ1v) is 8.82. The Morgan fingerprint density at radius 1 is 1.16 bits per heavy atom. The summed E-state index contributed by atoms with van der Waals surface area (Å²) in [6.45, 7) is 1.40. The fourth-order valence-electron chi connectivity index (χ4n) is 3.21. The number of nitro groups is 1. The fraction of sp³-hybridized carbons (Fsp3) is 0.143. The standard InChI is InChI=1S/C21H15F3N2O5/c1-12-18(20(28)31-2)17(10-13-5-3-8-16(9-13)26(29)30)19(27)25(12)15-7-4-6-14(11-15)21(22,23)24/h3-11H,1-2H3/b17-10-. The van der Waals surface area contributed by atoms with Gasteiger partial charge in [-0.1, -0.05) is 18.2 Å². The molecule has 0 bridgehead atoms. The number of nitro benzene ring substituents is 1. The van der Waals surface area contributed by atoms with Crippen molar-refractivity contribution < 1.29 is 32.4 Å². The lowest BCUT2D eigenvalue weighted by Crippen LogP contribution is -2.24. The van der Waals surface area contributed by atoms with Crippen LogP contribution in [0, 0.1) is 10.1 Å². The van der Waals surface area contributed by atoms with Crippen molar-refractivity contribution in [2.75, 3.05) is 12.0 Å². The number of hydrogen-bond acceptors (Lipinski definition) is 5. The molecule has 10 heteroatoms. The van der Waals surface area contributed by atoms with E-state index < -0.39 is 28.5 Å². The molecule has 2 aromatic rings. The number of esters is 1. The second kappa shape index (κ2) is 8.05. The van der Waals surface area contributed by atoms with Crippen molar-refractivity contribution in [3.8, 4) is 0 Å². The van der Waals surface area contributed by atoms with Gasteiger partial charge in [-0.25, -0.2) is 4.79 Å². The van der Waals surface area contributed by atoms with E-state index >= 15 is 0 Å². The molecule has 0 N–H and O–H groups in total. The van der Waals surface area contributed by atoms with Crippen LogP contribution >= 0.6 is 0 Å². The van der Waals surface area contributed by atoms with Crippen LogP contribution in [-0.2, 0) is 20.5 Å². The third-order valence-corrected chi connectivity index (χ3v) is 4.61. The lowest BCUT2D eigenvalue weighted by Gasteiger charge is -2.19. The minimum absolute atomic E-state index is 0.0767. The fourth-order valence-corrected chi connectivity index (χ4v) is 3.21. The summed E-state index contributed by atoms with van der Waals surface area (Å²) in [4.78, 5) is 36.9. The van der Waals surface area contributed by atoms with Gasteiger partial charge in [0.05, 0.1) is 28.7 Å². The zero-order valence-corrected chi connectivity index (χ0v) is 16.3. The van der Waals surface area contributed by atoms with Crippen molar-refractivity contribution in [2.45, 2.75) is 13.1 Å². The smallest absolute Gasteiger partial charge is 0.416 e. The molecule has 0 saturated carbocycles. The first-order valence-electron chi connectivity index (χ1n) is 8.82. The molecular weight excluding hydrogens is 417 g/mol. The van der Waals surface area contributed by atoms with Gasteiger partial charge < -0.3 is 4.74 Å². The summed E-state index contributed by atoms with van der Waals surface area (Å²) in [7, 11) is 1.10. The molecule has 0 unspecified atom stereocenters. The number of ether oxygens (including phenoxy) is 1. The third-order valence-electron chi connectivity index (χ3n) is 4.61. The zero-order chi connectivity index (χ0) is 22.9. The number of amides is 1. The maximum atomic E-state index is 13.1. The van der Waals surface area contributed by atoms with Crippen LogP contribution in [0.3, 0.4) is 0 Å². The molecule has 1 aliphatic rings. The highest BCUT2D eigenvalue weighted by Crippen LogP contribution is 2.38. The van der Waals surface area contributed by atoms with Crippen LogP contribution < -0.4 is 4.90 Å². The number of halogens is 3. The molecule has 0 radical (unpaired) electrons. The van der Waals surface area contributed by atoms with Gasteiger partial charge in [-0.15, -0.1) is 0 Å². The van der Waals surface area contributed by atoms with Crippen molar-refractivity contribution in [2.24, 2.45) is 0 Å². The van der Waals surface area contributed by atoms with Crippen molar-refractivity contribution in [3.05, 3.63) is 86.6 Å². The van der Waals surface area contributed by atoms with Crippen LogP contribution in [0.1, 0.15) is 18.1 Å². The summed E-state index contributed by atoms with van der Waals surface area (Å²) in [6.07, 6.45) is -3.36. The Labute approximate surface area is 174 Å². The quantitative estimate of drug-likeness (QED) is 0.307. The first kappa shape index (κ1) is 21.8. The van der Waals surface area contributed by atoms with E-state index in [2.05, 4.69) is 0 Å². The Bertz CT molecular complexity index is 1150. The second-order valence-corrected chi connectivity index (χ2v) is 6.55. The van der Waals surface area contributed by atoms with Crippen LogP contribution in [0.2, 0.25) is 0 Å². The maximum absolute atomic E-state index is 13.1. The number of alkyl halides is 3. The molecule has 1 amide bonds. The lowest BCUT2D eigenvalue weighted by atomic mass is 10.0. The van der Waals surface area contributed by atoms with E-state index in [0.29, 0.717) is 0 Å². The SMILES string of the molecule is COC(=O)C1=C(C)N(c2cccc(C(F)(F)F)c2)C(=O)/C1=C\c1cccc([N+](=O)[O-])c1. The summed E-state index contributed by atoms with van der Waals surface area (Å²) in [6, 6.07) is 9.48. The van der Waals surface area contributed by atoms with Gasteiger partial charge in [-0.3, -0.25) is 19.8 Å². The molecule has 0 aromatic heterocycles. The number of benzene rings is 2. The highest BCUT2D eigenvalue weighted by molar-refractivity contribution is 6.23. The number of carbonyl (C=O) groups is 2. The number of rotatable bonds is 4. The maximum Gasteiger partial charge on any atom is 0.416 e. The number of anilines is 1. The summed E-state index contributed by atoms with van der Waals surface area (Å²) in [5.74, 6) is -1.62. The van der Waals surface area contributed by atoms with Gasteiger partial charge in [0.15, 0.2) is 0 Å². The average Bonchev–Trinajstić information content (AvgIpc) is 2.96. The van der Waals surface area contributed by atoms with Gasteiger partial charge in [0.1, 0.15) is 0 Å². The predicted molar refractivity (Wildman–Crippen MR) is 105 cm³/mol. The van der Waals surface area contributed by atoms with E-state index in [9.17, 15) is 32.9 Å². The van der Waals surface area contributed by atoms with Gasteiger partial charge in [0, 0.05) is 23.5 Å². The Hall–Kier alpha value is -3.95.